The molecule has 2 unspecified atom stereocenters. The first-order valence-electron chi connectivity index (χ1n) is 5.89. The highest BCUT2D eigenvalue weighted by Crippen LogP contribution is 2.27. The first-order valence-corrected chi connectivity index (χ1v) is 5.89. The molecular formula is C13H19NO3. The van der Waals surface area contributed by atoms with Crippen LogP contribution in [0.25, 0.3) is 0 Å². The number of rotatable bonds is 3. The summed E-state index contributed by atoms with van der Waals surface area (Å²) in [6.45, 7) is 5.52. The Morgan fingerprint density at radius 1 is 1.47 bits per heavy atom. The van der Waals surface area contributed by atoms with Crippen LogP contribution >= 0.6 is 0 Å². The van der Waals surface area contributed by atoms with E-state index < -0.39 is 0 Å². The first-order chi connectivity index (χ1) is 8.01. The molecule has 0 aromatic heterocycles. The molecule has 0 spiro atoms. The molecule has 1 fully saturated rings. The van der Waals surface area contributed by atoms with Crippen LogP contribution in [0, 0.1) is 0 Å². The SMILES string of the molecule is CC1OCCC1(C)NCc1ccc(O)cc1O. The molecule has 0 amide bonds. The van der Waals surface area contributed by atoms with Crippen LogP contribution in [0.4, 0.5) is 0 Å². The molecule has 0 aliphatic carbocycles. The van der Waals surface area contributed by atoms with E-state index in [9.17, 15) is 10.2 Å². The van der Waals surface area contributed by atoms with Gasteiger partial charge in [-0.2, -0.15) is 0 Å². The normalized spacial score (nSPS) is 28.5. The Labute approximate surface area is 101 Å². The number of phenols is 2. The Hall–Kier alpha value is -1.26. The topological polar surface area (TPSA) is 61.7 Å². The van der Waals surface area contributed by atoms with Crippen LogP contribution < -0.4 is 5.32 Å². The van der Waals surface area contributed by atoms with E-state index in [0.717, 1.165) is 18.6 Å². The van der Waals surface area contributed by atoms with Gasteiger partial charge in [0.1, 0.15) is 11.5 Å². The second-order valence-electron chi connectivity index (χ2n) is 4.85. The van der Waals surface area contributed by atoms with Gasteiger partial charge in [-0.15, -0.1) is 0 Å². The third-order valence-electron chi connectivity index (χ3n) is 3.64. The molecule has 2 atom stereocenters. The van der Waals surface area contributed by atoms with Crippen LogP contribution in [0.3, 0.4) is 0 Å². The van der Waals surface area contributed by atoms with E-state index in [-0.39, 0.29) is 23.1 Å². The average molecular weight is 237 g/mol. The third kappa shape index (κ3) is 2.53. The van der Waals surface area contributed by atoms with E-state index in [0.29, 0.717) is 6.54 Å². The molecule has 3 N–H and O–H groups in total. The van der Waals surface area contributed by atoms with E-state index in [1.54, 1.807) is 12.1 Å². The lowest BCUT2D eigenvalue weighted by Crippen LogP contribution is -2.47. The van der Waals surface area contributed by atoms with E-state index in [1.807, 2.05) is 0 Å². The van der Waals surface area contributed by atoms with Crippen molar-refractivity contribution in [3.63, 3.8) is 0 Å². The van der Waals surface area contributed by atoms with Crippen LogP contribution in [-0.4, -0.2) is 28.5 Å². The van der Waals surface area contributed by atoms with Gasteiger partial charge in [-0.3, -0.25) is 0 Å². The summed E-state index contributed by atoms with van der Waals surface area (Å²) in [5, 5.41) is 22.3. The highest BCUT2D eigenvalue weighted by Gasteiger charge is 2.36. The van der Waals surface area contributed by atoms with Gasteiger partial charge in [0.2, 0.25) is 0 Å². The Kier molecular flexibility index (Phi) is 3.26. The minimum atomic E-state index is -0.0513. The molecule has 1 aromatic rings. The van der Waals surface area contributed by atoms with Crippen molar-refractivity contribution in [2.24, 2.45) is 0 Å². The molecule has 1 aliphatic heterocycles. The lowest BCUT2D eigenvalue weighted by molar-refractivity contribution is 0.0880. The van der Waals surface area contributed by atoms with Gasteiger partial charge in [0.05, 0.1) is 6.10 Å². The fourth-order valence-corrected chi connectivity index (χ4v) is 2.07. The maximum atomic E-state index is 9.68. The molecule has 1 aliphatic rings. The van der Waals surface area contributed by atoms with Gasteiger partial charge in [-0.25, -0.2) is 0 Å². The van der Waals surface area contributed by atoms with E-state index in [2.05, 4.69) is 19.2 Å². The van der Waals surface area contributed by atoms with Gasteiger partial charge < -0.3 is 20.3 Å². The van der Waals surface area contributed by atoms with Crippen LogP contribution in [0.15, 0.2) is 18.2 Å². The van der Waals surface area contributed by atoms with Crippen molar-refractivity contribution in [3.05, 3.63) is 23.8 Å². The van der Waals surface area contributed by atoms with Crippen molar-refractivity contribution in [2.45, 2.75) is 38.5 Å². The summed E-state index contributed by atoms with van der Waals surface area (Å²) >= 11 is 0. The molecule has 0 saturated carbocycles. The smallest absolute Gasteiger partial charge is 0.123 e. The number of nitrogens with one attached hydrogen (secondary N) is 1. The van der Waals surface area contributed by atoms with E-state index >= 15 is 0 Å². The summed E-state index contributed by atoms with van der Waals surface area (Å²) in [6, 6.07) is 4.66. The monoisotopic (exact) mass is 237 g/mol. The summed E-state index contributed by atoms with van der Waals surface area (Å²) in [5.41, 5.74) is 0.729. The lowest BCUT2D eigenvalue weighted by atomic mass is 9.94. The number of aromatic hydroxyl groups is 2. The van der Waals surface area contributed by atoms with Gasteiger partial charge in [-0.05, 0) is 26.3 Å². The molecular weight excluding hydrogens is 218 g/mol. The molecule has 1 heterocycles. The van der Waals surface area contributed by atoms with Gasteiger partial charge in [0.25, 0.3) is 0 Å². The number of ether oxygens (including phenoxy) is 1. The predicted molar refractivity (Wildman–Crippen MR) is 65.0 cm³/mol. The van der Waals surface area contributed by atoms with Crippen LogP contribution in [0.1, 0.15) is 25.8 Å². The Bertz CT molecular complexity index is 408. The molecule has 0 radical (unpaired) electrons. The zero-order chi connectivity index (χ0) is 12.5. The summed E-state index contributed by atoms with van der Waals surface area (Å²) in [7, 11) is 0. The van der Waals surface area contributed by atoms with Crippen molar-refractivity contribution >= 4 is 0 Å². The van der Waals surface area contributed by atoms with Crippen molar-refractivity contribution in [3.8, 4) is 11.5 Å². The van der Waals surface area contributed by atoms with Crippen LogP contribution in [0.5, 0.6) is 11.5 Å². The summed E-state index contributed by atoms with van der Waals surface area (Å²) in [6.07, 6.45) is 1.13. The highest BCUT2D eigenvalue weighted by atomic mass is 16.5. The van der Waals surface area contributed by atoms with Crippen LogP contribution in [-0.2, 0) is 11.3 Å². The molecule has 2 rings (SSSR count). The zero-order valence-electron chi connectivity index (χ0n) is 10.2. The molecule has 4 nitrogen and oxygen atoms in total. The highest BCUT2D eigenvalue weighted by molar-refractivity contribution is 5.38. The maximum absolute atomic E-state index is 9.68. The van der Waals surface area contributed by atoms with E-state index in [1.165, 1.54) is 6.07 Å². The van der Waals surface area contributed by atoms with Gasteiger partial charge in [0, 0.05) is 30.3 Å². The summed E-state index contributed by atoms with van der Waals surface area (Å²) < 4.78 is 5.54. The standard InChI is InChI=1S/C13H19NO3/c1-9-13(2,5-6-17-9)14-8-10-3-4-11(15)7-12(10)16/h3-4,7,9,14-16H,5-6,8H2,1-2H3. The van der Waals surface area contributed by atoms with Crippen molar-refractivity contribution in [1.29, 1.82) is 0 Å². The molecule has 4 heteroatoms. The Balaban J connectivity index is 2.02. The number of hydrogen-bond donors (Lipinski definition) is 3. The minimum absolute atomic E-state index is 0.0513. The van der Waals surface area contributed by atoms with Gasteiger partial charge >= 0.3 is 0 Å². The minimum Gasteiger partial charge on any atom is -0.508 e. The quantitative estimate of drug-likeness (QED) is 0.749. The fourth-order valence-electron chi connectivity index (χ4n) is 2.07. The molecule has 1 aromatic carbocycles. The molecule has 0 bridgehead atoms. The predicted octanol–water partition coefficient (Wildman–Crippen LogP) is 1.75. The van der Waals surface area contributed by atoms with E-state index in [4.69, 9.17) is 4.74 Å². The van der Waals surface area contributed by atoms with Crippen molar-refractivity contribution in [1.82, 2.24) is 5.32 Å². The average Bonchev–Trinajstić information content (AvgIpc) is 2.59. The van der Waals surface area contributed by atoms with Crippen molar-refractivity contribution in [2.75, 3.05) is 6.61 Å². The molecule has 94 valence electrons. The Morgan fingerprint density at radius 2 is 2.24 bits per heavy atom. The summed E-state index contributed by atoms with van der Waals surface area (Å²) in [4.78, 5) is 0. The number of phenolic OH excluding ortho intramolecular Hbond substituents is 2. The zero-order valence-corrected chi connectivity index (χ0v) is 10.2. The lowest BCUT2D eigenvalue weighted by Gasteiger charge is -2.29. The van der Waals surface area contributed by atoms with Gasteiger partial charge in [-0.1, -0.05) is 6.07 Å². The van der Waals surface area contributed by atoms with Crippen molar-refractivity contribution < 1.29 is 14.9 Å². The number of hydrogen-bond acceptors (Lipinski definition) is 4. The second kappa shape index (κ2) is 4.55. The molecule has 17 heavy (non-hydrogen) atoms. The number of benzene rings is 1. The Morgan fingerprint density at radius 3 is 2.82 bits per heavy atom. The maximum Gasteiger partial charge on any atom is 0.123 e. The third-order valence-corrected chi connectivity index (χ3v) is 3.64. The van der Waals surface area contributed by atoms with Crippen LogP contribution in [0.2, 0.25) is 0 Å². The summed E-state index contributed by atoms with van der Waals surface area (Å²) in [5.74, 6) is 0.197. The largest absolute Gasteiger partial charge is 0.508 e. The first kappa shape index (κ1) is 12.2. The van der Waals surface area contributed by atoms with Gasteiger partial charge in [0.15, 0.2) is 0 Å². The fraction of sp³-hybridized carbons (Fsp3) is 0.538. The molecule has 1 saturated heterocycles. The second-order valence-corrected chi connectivity index (χ2v) is 4.85.